The number of hydrogen-bond donors (Lipinski definition) is 1. The van der Waals surface area contributed by atoms with E-state index in [9.17, 15) is 4.39 Å². The van der Waals surface area contributed by atoms with Crippen LogP contribution in [0.25, 0.3) is 0 Å². The molecule has 0 aliphatic carbocycles. The highest BCUT2D eigenvalue weighted by Crippen LogP contribution is 2.26. The number of nitrogens with one attached hydrogen (secondary N) is 1. The van der Waals surface area contributed by atoms with Crippen LogP contribution in [-0.2, 0) is 4.74 Å². The second-order valence-corrected chi connectivity index (χ2v) is 4.94. The molecule has 2 rings (SSSR count). The fraction of sp³-hybridized carbons (Fsp3) is 0.636. The first kappa shape index (κ1) is 12.6. The summed E-state index contributed by atoms with van der Waals surface area (Å²) in [5.41, 5.74) is 0.366. The molecule has 1 atom stereocenters. The molecule has 1 saturated heterocycles. The Morgan fingerprint density at radius 3 is 3.00 bits per heavy atom. The Kier molecular flexibility index (Phi) is 4.17. The van der Waals surface area contributed by atoms with Gasteiger partial charge < -0.3 is 10.1 Å². The maximum Gasteiger partial charge on any atom is 0.186 e. The number of rotatable bonds is 3. The normalized spacial score (nSPS) is 20.3. The first-order valence-corrected chi connectivity index (χ1v) is 6.85. The Labute approximate surface area is 104 Å². The second-order valence-electron chi connectivity index (χ2n) is 3.79. The van der Waals surface area contributed by atoms with Crippen molar-refractivity contribution < 1.29 is 9.13 Å². The van der Waals surface area contributed by atoms with Gasteiger partial charge in [0.15, 0.2) is 17.5 Å². The van der Waals surface area contributed by atoms with Crippen molar-refractivity contribution in [3.05, 3.63) is 17.3 Å². The zero-order valence-electron chi connectivity index (χ0n) is 9.99. The largest absolute Gasteiger partial charge is 0.368 e. The Balaban J connectivity index is 2.27. The van der Waals surface area contributed by atoms with Crippen molar-refractivity contribution in [2.24, 2.45) is 0 Å². The number of aromatic nitrogens is 2. The van der Waals surface area contributed by atoms with Gasteiger partial charge in [-0.1, -0.05) is 0 Å². The van der Waals surface area contributed by atoms with Crippen molar-refractivity contribution in [2.75, 3.05) is 30.0 Å². The van der Waals surface area contributed by atoms with Crippen molar-refractivity contribution in [1.29, 1.82) is 0 Å². The average Bonchev–Trinajstić information content (AvgIpc) is 2.36. The predicted molar refractivity (Wildman–Crippen MR) is 66.9 cm³/mol. The van der Waals surface area contributed by atoms with Gasteiger partial charge in [0, 0.05) is 18.1 Å². The molecule has 6 heteroatoms. The lowest BCUT2D eigenvalue weighted by atomic mass is 10.3. The topological polar surface area (TPSA) is 47.0 Å². The number of hydrogen-bond acceptors (Lipinski definition) is 5. The summed E-state index contributed by atoms with van der Waals surface area (Å²) in [5, 5.41) is 2.91. The number of halogens is 1. The smallest absolute Gasteiger partial charge is 0.186 e. The first-order chi connectivity index (χ1) is 8.22. The minimum atomic E-state index is -0.376. The summed E-state index contributed by atoms with van der Waals surface area (Å²) >= 11 is 1.81. The molecule has 94 valence electrons. The van der Waals surface area contributed by atoms with Crippen molar-refractivity contribution in [2.45, 2.75) is 20.0 Å². The molecule has 1 aromatic heterocycles. The average molecular weight is 257 g/mol. The maximum absolute atomic E-state index is 13.7. The Morgan fingerprint density at radius 1 is 1.53 bits per heavy atom. The van der Waals surface area contributed by atoms with Crippen LogP contribution in [0, 0.1) is 12.7 Å². The monoisotopic (exact) mass is 257 g/mol. The van der Waals surface area contributed by atoms with Crippen LogP contribution in [0.3, 0.4) is 0 Å². The van der Waals surface area contributed by atoms with Gasteiger partial charge in [0.2, 0.25) is 0 Å². The molecular weight excluding hydrogens is 241 g/mol. The van der Waals surface area contributed by atoms with Gasteiger partial charge in [-0.05, 0) is 13.8 Å². The van der Waals surface area contributed by atoms with E-state index in [1.54, 1.807) is 6.92 Å². The van der Waals surface area contributed by atoms with E-state index in [0.717, 1.165) is 11.5 Å². The molecule has 17 heavy (non-hydrogen) atoms. The standard InChI is InChI=1S/C11H16FN3OS/c1-3-13-11-9(12)7(2)14-10(15-11)8-6-17-5-4-16-8/h8H,3-6H2,1-2H3,(H,13,14,15). The number of thioether (sulfide) groups is 1. The molecule has 0 spiro atoms. The van der Waals surface area contributed by atoms with Crippen molar-refractivity contribution >= 4 is 17.6 Å². The molecular formula is C11H16FN3OS. The van der Waals surface area contributed by atoms with Gasteiger partial charge >= 0.3 is 0 Å². The van der Waals surface area contributed by atoms with E-state index in [2.05, 4.69) is 15.3 Å². The molecule has 0 radical (unpaired) electrons. The summed E-state index contributed by atoms with van der Waals surface area (Å²) in [5.74, 6) is 2.30. The van der Waals surface area contributed by atoms with Gasteiger partial charge in [-0.25, -0.2) is 14.4 Å². The zero-order valence-corrected chi connectivity index (χ0v) is 10.8. The Bertz CT molecular complexity index is 397. The molecule has 1 aromatic rings. The molecule has 1 aliphatic heterocycles. The molecule has 4 nitrogen and oxygen atoms in total. The van der Waals surface area contributed by atoms with Gasteiger partial charge in [-0.15, -0.1) is 0 Å². The van der Waals surface area contributed by atoms with Crippen molar-refractivity contribution in [1.82, 2.24) is 9.97 Å². The van der Waals surface area contributed by atoms with Crippen LogP contribution in [0.15, 0.2) is 0 Å². The highest BCUT2D eigenvalue weighted by molar-refractivity contribution is 7.99. The third kappa shape index (κ3) is 2.87. The number of ether oxygens (including phenoxy) is 1. The van der Waals surface area contributed by atoms with Gasteiger partial charge in [0.25, 0.3) is 0 Å². The Hall–Kier alpha value is -0.880. The zero-order chi connectivity index (χ0) is 12.3. The molecule has 2 heterocycles. The summed E-state index contributed by atoms with van der Waals surface area (Å²) in [6, 6.07) is 0. The van der Waals surface area contributed by atoms with E-state index in [4.69, 9.17) is 4.74 Å². The van der Waals surface area contributed by atoms with Crippen molar-refractivity contribution in [3.8, 4) is 0 Å². The van der Waals surface area contributed by atoms with Crippen LogP contribution in [-0.4, -0.2) is 34.6 Å². The molecule has 0 amide bonds. The van der Waals surface area contributed by atoms with E-state index >= 15 is 0 Å². The minimum absolute atomic E-state index is 0.120. The highest BCUT2D eigenvalue weighted by atomic mass is 32.2. The molecule has 1 aliphatic rings. The summed E-state index contributed by atoms with van der Waals surface area (Å²) < 4.78 is 19.3. The maximum atomic E-state index is 13.7. The fourth-order valence-electron chi connectivity index (χ4n) is 1.65. The fourth-order valence-corrected chi connectivity index (χ4v) is 2.49. The molecule has 0 aromatic carbocycles. The second kappa shape index (κ2) is 5.64. The van der Waals surface area contributed by atoms with E-state index in [1.807, 2.05) is 18.7 Å². The molecule has 1 fully saturated rings. The van der Waals surface area contributed by atoms with Crippen LogP contribution >= 0.6 is 11.8 Å². The van der Waals surface area contributed by atoms with Gasteiger partial charge in [-0.3, -0.25) is 0 Å². The van der Waals surface area contributed by atoms with Crippen molar-refractivity contribution in [3.63, 3.8) is 0 Å². The molecule has 1 N–H and O–H groups in total. The number of anilines is 1. The van der Waals surface area contributed by atoms with E-state index < -0.39 is 0 Å². The highest BCUT2D eigenvalue weighted by Gasteiger charge is 2.22. The summed E-state index contributed by atoms with van der Waals surface area (Å²) in [4.78, 5) is 8.39. The number of nitrogens with zero attached hydrogens (tertiary/aromatic N) is 2. The lowest BCUT2D eigenvalue weighted by Gasteiger charge is -2.21. The van der Waals surface area contributed by atoms with Crippen LogP contribution in [0.1, 0.15) is 24.5 Å². The van der Waals surface area contributed by atoms with Crippen LogP contribution < -0.4 is 5.32 Å². The molecule has 1 unspecified atom stereocenters. The first-order valence-electron chi connectivity index (χ1n) is 5.69. The minimum Gasteiger partial charge on any atom is -0.368 e. The lowest BCUT2D eigenvalue weighted by Crippen LogP contribution is -2.20. The molecule has 0 bridgehead atoms. The van der Waals surface area contributed by atoms with E-state index in [0.29, 0.717) is 24.7 Å². The van der Waals surface area contributed by atoms with E-state index in [-0.39, 0.29) is 17.7 Å². The van der Waals surface area contributed by atoms with Gasteiger partial charge in [-0.2, -0.15) is 11.8 Å². The Morgan fingerprint density at radius 2 is 2.35 bits per heavy atom. The summed E-state index contributed by atoms with van der Waals surface area (Å²) in [7, 11) is 0. The van der Waals surface area contributed by atoms with Gasteiger partial charge in [0.1, 0.15) is 6.10 Å². The van der Waals surface area contributed by atoms with Crippen LogP contribution in [0.2, 0.25) is 0 Å². The van der Waals surface area contributed by atoms with E-state index in [1.165, 1.54) is 0 Å². The third-order valence-electron chi connectivity index (χ3n) is 2.48. The lowest BCUT2D eigenvalue weighted by molar-refractivity contribution is 0.0692. The number of aryl methyl sites for hydroxylation is 1. The van der Waals surface area contributed by atoms with Crippen LogP contribution in [0.5, 0.6) is 0 Å². The van der Waals surface area contributed by atoms with Crippen LogP contribution in [0.4, 0.5) is 10.2 Å². The predicted octanol–water partition coefficient (Wildman–Crippen LogP) is 2.16. The summed E-state index contributed by atoms with van der Waals surface area (Å²) in [6.45, 7) is 4.89. The summed E-state index contributed by atoms with van der Waals surface area (Å²) in [6.07, 6.45) is -0.120. The van der Waals surface area contributed by atoms with Gasteiger partial charge in [0.05, 0.1) is 12.3 Å². The molecule has 0 saturated carbocycles. The quantitative estimate of drug-likeness (QED) is 0.899. The third-order valence-corrected chi connectivity index (χ3v) is 3.48. The SMILES string of the molecule is CCNc1nc(C2CSCCO2)nc(C)c1F.